The molecule has 0 bridgehead atoms. The van der Waals surface area contributed by atoms with Crippen molar-refractivity contribution in [3.8, 4) is 11.1 Å². The van der Waals surface area contributed by atoms with Gasteiger partial charge in [0.25, 0.3) is 0 Å². The largest absolute Gasteiger partial charge is 0.339 e. The fraction of sp³-hybridized carbons (Fsp3) is 0.304. The van der Waals surface area contributed by atoms with Gasteiger partial charge in [-0.2, -0.15) is 0 Å². The summed E-state index contributed by atoms with van der Waals surface area (Å²) in [5, 5.41) is 5.25. The molecule has 158 valence electrons. The van der Waals surface area contributed by atoms with Crippen molar-refractivity contribution in [3.05, 3.63) is 53.6 Å². The highest BCUT2D eigenvalue weighted by molar-refractivity contribution is 7.89. The van der Waals surface area contributed by atoms with E-state index in [1.165, 1.54) is 6.07 Å². The molecule has 0 spiro atoms. The van der Waals surface area contributed by atoms with Gasteiger partial charge in [0.05, 0.1) is 10.6 Å². The summed E-state index contributed by atoms with van der Waals surface area (Å²) in [4.78, 5) is 19.5. The zero-order chi connectivity index (χ0) is 21.7. The number of carbonyl (C=O) groups excluding carboxylic acids is 1. The van der Waals surface area contributed by atoms with Crippen molar-refractivity contribution in [2.24, 2.45) is 10.1 Å². The highest BCUT2D eigenvalue weighted by Gasteiger charge is 2.19. The molecule has 0 radical (unpaired) electrons. The van der Waals surface area contributed by atoms with Crippen LogP contribution < -0.4 is 5.14 Å². The molecular formula is C23H27N3O3S. The Morgan fingerprint density at radius 1 is 1.07 bits per heavy atom. The Balaban J connectivity index is 1.95. The molecular weight excluding hydrogens is 398 g/mol. The average Bonchev–Trinajstić information content (AvgIpc) is 2.94. The molecule has 0 unspecified atom stereocenters. The van der Waals surface area contributed by atoms with Gasteiger partial charge in [-0.05, 0) is 48.2 Å². The number of benzene rings is 2. The first-order valence-electron chi connectivity index (χ1n) is 10.1. The van der Waals surface area contributed by atoms with Crippen LogP contribution in [-0.4, -0.2) is 38.5 Å². The van der Waals surface area contributed by atoms with Gasteiger partial charge in [0.15, 0.2) is 0 Å². The van der Waals surface area contributed by atoms with Crippen molar-refractivity contribution in [3.63, 3.8) is 0 Å². The van der Waals surface area contributed by atoms with Crippen molar-refractivity contribution >= 4 is 33.9 Å². The normalized spacial score (nSPS) is 13.4. The molecule has 3 rings (SSSR count). The fourth-order valence-corrected chi connectivity index (χ4v) is 4.07. The third-order valence-corrected chi connectivity index (χ3v) is 5.86. The maximum Gasteiger partial charge on any atom is 0.250 e. The van der Waals surface area contributed by atoms with Crippen LogP contribution in [0, 0.1) is 0 Å². The van der Waals surface area contributed by atoms with Crippen molar-refractivity contribution < 1.29 is 13.2 Å². The summed E-state index contributed by atoms with van der Waals surface area (Å²) in [5.74, 6) is 0.0583. The van der Waals surface area contributed by atoms with Crippen molar-refractivity contribution in [1.82, 2.24) is 4.90 Å². The van der Waals surface area contributed by atoms with E-state index in [1.807, 2.05) is 35.2 Å². The summed E-state index contributed by atoms with van der Waals surface area (Å²) in [6.07, 6.45) is 5.99. The first kappa shape index (κ1) is 21.9. The number of nitrogens with two attached hydrogens (primary N) is 1. The fourth-order valence-electron chi connectivity index (χ4n) is 3.51. The van der Waals surface area contributed by atoms with E-state index < -0.39 is 10.0 Å². The number of hydrogen-bond donors (Lipinski definition) is 1. The second-order valence-electron chi connectivity index (χ2n) is 7.32. The molecule has 30 heavy (non-hydrogen) atoms. The minimum atomic E-state index is -3.77. The monoisotopic (exact) mass is 425 g/mol. The minimum absolute atomic E-state index is 0.0583. The molecule has 2 aromatic rings. The highest BCUT2D eigenvalue weighted by atomic mass is 32.2. The lowest BCUT2D eigenvalue weighted by Gasteiger charge is -2.22. The number of amides is 1. The second kappa shape index (κ2) is 9.36. The van der Waals surface area contributed by atoms with Crippen molar-refractivity contribution in [1.29, 1.82) is 0 Å². The van der Waals surface area contributed by atoms with Gasteiger partial charge in [-0.3, -0.25) is 9.79 Å². The van der Waals surface area contributed by atoms with E-state index in [4.69, 9.17) is 5.14 Å². The Labute approximate surface area is 178 Å². The summed E-state index contributed by atoms with van der Waals surface area (Å²) in [5.41, 5.74) is 3.91. The molecule has 1 heterocycles. The van der Waals surface area contributed by atoms with Crippen LogP contribution in [0.2, 0.25) is 0 Å². The molecule has 6 nitrogen and oxygen atoms in total. The number of hydrogen-bond acceptors (Lipinski definition) is 4. The summed E-state index contributed by atoms with van der Waals surface area (Å²) < 4.78 is 23.3. The Kier molecular flexibility index (Phi) is 6.84. The number of primary sulfonamides is 1. The number of rotatable bonds is 7. The molecule has 1 aliphatic rings. The average molecular weight is 426 g/mol. The summed E-state index contributed by atoms with van der Waals surface area (Å²) in [6.45, 7) is 5.63. The number of carbonyl (C=O) groups is 1. The van der Waals surface area contributed by atoms with Crippen molar-refractivity contribution in [2.45, 2.75) is 38.0 Å². The number of sulfonamides is 1. The zero-order valence-corrected chi connectivity index (χ0v) is 18.2. The summed E-state index contributed by atoms with van der Waals surface area (Å²) in [6, 6.07) is 12.2. The van der Waals surface area contributed by atoms with Gasteiger partial charge in [-0.1, -0.05) is 38.1 Å². The Morgan fingerprint density at radius 3 is 2.43 bits per heavy atom. The van der Waals surface area contributed by atoms with Crippen molar-refractivity contribution in [2.75, 3.05) is 13.1 Å². The first-order chi connectivity index (χ1) is 14.3. The van der Waals surface area contributed by atoms with Gasteiger partial charge in [-0.15, -0.1) is 0 Å². The SMILES string of the molecule is CCCN(CCC)C(=O)C1=Cc2ccc(-c3cccc(S(N)(=O)=O)c3)cc2N=CC1. The van der Waals surface area contributed by atoms with Gasteiger partial charge < -0.3 is 4.90 Å². The third kappa shape index (κ3) is 5.04. The minimum Gasteiger partial charge on any atom is -0.339 e. The van der Waals surface area contributed by atoms with E-state index in [0.29, 0.717) is 6.42 Å². The molecule has 0 saturated carbocycles. The predicted molar refractivity (Wildman–Crippen MR) is 121 cm³/mol. The Bertz CT molecular complexity index is 1100. The van der Waals surface area contributed by atoms with Gasteiger partial charge in [-0.25, -0.2) is 13.6 Å². The molecule has 2 N–H and O–H groups in total. The maximum atomic E-state index is 13.0. The van der Waals surface area contributed by atoms with Gasteiger partial charge in [0, 0.05) is 36.9 Å². The van der Waals surface area contributed by atoms with Crippen LogP contribution in [0.3, 0.4) is 0 Å². The first-order valence-corrected chi connectivity index (χ1v) is 11.7. The Morgan fingerprint density at radius 2 is 1.77 bits per heavy atom. The van der Waals surface area contributed by atoms with Crippen LogP contribution in [0.5, 0.6) is 0 Å². The lowest BCUT2D eigenvalue weighted by Crippen LogP contribution is -2.33. The number of aliphatic imine (C=N–C) groups is 1. The predicted octanol–water partition coefficient (Wildman–Crippen LogP) is 4.14. The van der Waals surface area contributed by atoms with Crippen LogP contribution in [0.15, 0.2) is 57.9 Å². The molecule has 0 atom stereocenters. The standard InChI is InChI=1S/C23H27N3O3S/c1-3-12-26(13-4-2)23(27)20-10-11-25-22-16-18(8-9-19(22)14-20)17-6-5-7-21(15-17)30(24,28)29/h5-9,11,14-16H,3-4,10,12-13H2,1-2H3,(H2,24,28,29). The third-order valence-electron chi connectivity index (χ3n) is 4.95. The molecule has 0 aliphatic carbocycles. The van der Waals surface area contributed by atoms with Gasteiger partial charge in [0.1, 0.15) is 0 Å². The second-order valence-corrected chi connectivity index (χ2v) is 8.89. The van der Waals surface area contributed by atoms with Crippen LogP contribution >= 0.6 is 0 Å². The van der Waals surface area contributed by atoms with Gasteiger partial charge >= 0.3 is 0 Å². The topological polar surface area (TPSA) is 92.8 Å². The lowest BCUT2D eigenvalue weighted by atomic mass is 10.0. The summed E-state index contributed by atoms with van der Waals surface area (Å²) in [7, 11) is -3.77. The van der Waals surface area contributed by atoms with Crippen LogP contribution in [-0.2, 0) is 14.8 Å². The molecule has 1 aliphatic heterocycles. The highest BCUT2D eigenvalue weighted by Crippen LogP contribution is 2.32. The Hall–Kier alpha value is -2.77. The molecule has 1 amide bonds. The lowest BCUT2D eigenvalue weighted by molar-refractivity contribution is -0.127. The van der Waals surface area contributed by atoms with E-state index in [0.717, 1.165) is 53.9 Å². The maximum absolute atomic E-state index is 13.0. The van der Waals surface area contributed by atoms with Crippen LogP contribution in [0.1, 0.15) is 38.7 Å². The number of fused-ring (bicyclic) bond motifs is 1. The smallest absolute Gasteiger partial charge is 0.250 e. The summed E-state index contributed by atoms with van der Waals surface area (Å²) >= 11 is 0. The molecule has 0 aromatic heterocycles. The van der Waals surface area contributed by atoms with E-state index >= 15 is 0 Å². The van der Waals surface area contributed by atoms with E-state index in [9.17, 15) is 13.2 Å². The zero-order valence-electron chi connectivity index (χ0n) is 17.3. The quantitative estimate of drug-likeness (QED) is 0.722. The van der Waals surface area contributed by atoms with E-state index in [1.54, 1.807) is 18.3 Å². The van der Waals surface area contributed by atoms with E-state index in [-0.39, 0.29) is 10.8 Å². The molecule has 0 saturated heterocycles. The van der Waals surface area contributed by atoms with E-state index in [2.05, 4.69) is 18.8 Å². The molecule has 7 heteroatoms. The van der Waals surface area contributed by atoms with Gasteiger partial charge in [0.2, 0.25) is 15.9 Å². The molecule has 2 aromatic carbocycles. The number of nitrogens with zero attached hydrogens (tertiary/aromatic N) is 2. The van der Waals surface area contributed by atoms with Crippen LogP contribution in [0.4, 0.5) is 5.69 Å². The molecule has 0 fully saturated rings. The van der Waals surface area contributed by atoms with Crippen LogP contribution in [0.25, 0.3) is 17.2 Å².